The first-order chi connectivity index (χ1) is 8.20. The molecule has 4 nitrogen and oxygen atoms in total. The van der Waals surface area contributed by atoms with Crippen LogP contribution in [0.15, 0.2) is 24.3 Å². The largest absolute Gasteiger partial charge is 0.478 e. The van der Waals surface area contributed by atoms with Crippen LogP contribution in [-0.4, -0.2) is 37.9 Å². The highest BCUT2D eigenvalue weighted by atomic mass is 16.5. The summed E-state index contributed by atoms with van der Waals surface area (Å²) >= 11 is 0. The van der Waals surface area contributed by atoms with Gasteiger partial charge in [-0.05, 0) is 30.7 Å². The molecule has 1 aromatic carbocycles. The highest BCUT2D eigenvalue weighted by molar-refractivity contribution is 5.88. The van der Waals surface area contributed by atoms with Gasteiger partial charge < -0.3 is 14.7 Å². The Morgan fingerprint density at radius 2 is 2.18 bits per heavy atom. The first kappa shape index (κ1) is 11.9. The molecule has 0 spiro atoms. The van der Waals surface area contributed by atoms with Gasteiger partial charge in [0, 0.05) is 31.8 Å². The van der Waals surface area contributed by atoms with Crippen LogP contribution < -0.4 is 4.90 Å². The first-order valence-electron chi connectivity index (χ1n) is 5.78. The van der Waals surface area contributed by atoms with Crippen LogP contribution in [0.5, 0.6) is 0 Å². The van der Waals surface area contributed by atoms with Gasteiger partial charge in [-0.2, -0.15) is 0 Å². The number of hydrogen-bond acceptors (Lipinski definition) is 3. The van der Waals surface area contributed by atoms with Gasteiger partial charge in [-0.25, -0.2) is 4.79 Å². The van der Waals surface area contributed by atoms with Crippen LogP contribution >= 0.6 is 0 Å². The van der Waals surface area contributed by atoms with Crippen LogP contribution in [0.25, 0.3) is 0 Å². The van der Waals surface area contributed by atoms with E-state index in [0.29, 0.717) is 11.5 Å². The van der Waals surface area contributed by atoms with E-state index in [2.05, 4.69) is 4.90 Å². The number of carboxylic acid groups (broad SMARTS) is 1. The highest BCUT2D eigenvalue weighted by Gasteiger charge is 2.22. The number of carboxylic acids is 1. The summed E-state index contributed by atoms with van der Waals surface area (Å²) in [6, 6.07) is 7.06. The zero-order valence-electron chi connectivity index (χ0n) is 9.93. The van der Waals surface area contributed by atoms with Crippen molar-refractivity contribution >= 4 is 11.7 Å². The predicted molar refractivity (Wildman–Crippen MR) is 65.6 cm³/mol. The number of aromatic carboxylic acids is 1. The van der Waals surface area contributed by atoms with E-state index < -0.39 is 5.97 Å². The Kier molecular flexibility index (Phi) is 3.64. The molecular weight excluding hydrogens is 218 g/mol. The molecule has 92 valence electrons. The summed E-state index contributed by atoms with van der Waals surface area (Å²) in [6.07, 6.45) is 1.13. The molecule has 0 aromatic heterocycles. The molecule has 1 aliphatic heterocycles. The van der Waals surface area contributed by atoms with E-state index in [4.69, 9.17) is 9.84 Å². The second kappa shape index (κ2) is 5.19. The number of rotatable bonds is 4. The van der Waals surface area contributed by atoms with Gasteiger partial charge in [0.2, 0.25) is 0 Å². The maximum Gasteiger partial charge on any atom is 0.335 e. The third-order valence-corrected chi connectivity index (χ3v) is 3.17. The zero-order chi connectivity index (χ0) is 12.3. The van der Waals surface area contributed by atoms with Crippen molar-refractivity contribution in [3.63, 3.8) is 0 Å². The standard InChI is InChI=1S/C13H17NO3/c1-17-9-10-6-7-14(8-10)12-4-2-11(3-5-12)13(15)16/h2-5,10H,6-9H2,1H3,(H,15,16). The number of anilines is 1. The highest BCUT2D eigenvalue weighted by Crippen LogP contribution is 2.24. The van der Waals surface area contributed by atoms with Crippen molar-refractivity contribution in [1.82, 2.24) is 0 Å². The van der Waals surface area contributed by atoms with Crippen molar-refractivity contribution in [2.75, 3.05) is 31.7 Å². The molecule has 0 bridgehead atoms. The summed E-state index contributed by atoms with van der Waals surface area (Å²) in [5, 5.41) is 8.82. The van der Waals surface area contributed by atoms with E-state index in [1.165, 1.54) is 0 Å². The third kappa shape index (κ3) is 2.77. The summed E-state index contributed by atoms with van der Waals surface area (Å²) in [5.74, 6) is -0.297. The number of benzene rings is 1. The summed E-state index contributed by atoms with van der Waals surface area (Å²) in [7, 11) is 1.73. The van der Waals surface area contributed by atoms with Crippen molar-refractivity contribution < 1.29 is 14.6 Å². The maximum absolute atomic E-state index is 10.7. The van der Waals surface area contributed by atoms with Gasteiger partial charge in [-0.1, -0.05) is 0 Å². The quantitative estimate of drug-likeness (QED) is 0.865. The second-order valence-electron chi connectivity index (χ2n) is 4.41. The lowest BCUT2D eigenvalue weighted by Crippen LogP contribution is -2.20. The molecule has 1 saturated heterocycles. The van der Waals surface area contributed by atoms with Crippen LogP contribution in [0.3, 0.4) is 0 Å². The number of hydrogen-bond donors (Lipinski definition) is 1. The molecule has 0 aliphatic carbocycles. The topological polar surface area (TPSA) is 49.8 Å². The molecule has 17 heavy (non-hydrogen) atoms. The maximum atomic E-state index is 10.7. The van der Waals surface area contributed by atoms with Crippen LogP contribution in [0.4, 0.5) is 5.69 Å². The van der Waals surface area contributed by atoms with E-state index in [-0.39, 0.29) is 0 Å². The Morgan fingerprint density at radius 3 is 2.76 bits per heavy atom. The molecule has 1 unspecified atom stereocenters. The molecule has 1 aromatic rings. The lowest BCUT2D eigenvalue weighted by Gasteiger charge is -2.18. The minimum Gasteiger partial charge on any atom is -0.478 e. The molecule has 1 N–H and O–H groups in total. The summed E-state index contributed by atoms with van der Waals surface area (Å²) < 4.78 is 5.16. The summed E-state index contributed by atoms with van der Waals surface area (Å²) in [5.41, 5.74) is 1.43. The molecule has 4 heteroatoms. The molecule has 1 fully saturated rings. The molecule has 2 rings (SSSR count). The predicted octanol–water partition coefficient (Wildman–Crippen LogP) is 1.86. The van der Waals surface area contributed by atoms with E-state index in [1.807, 2.05) is 12.1 Å². The molecule has 0 saturated carbocycles. The molecule has 0 radical (unpaired) electrons. The molecule has 1 heterocycles. The fourth-order valence-corrected chi connectivity index (χ4v) is 2.25. The van der Waals surface area contributed by atoms with Crippen LogP contribution in [0.1, 0.15) is 16.8 Å². The van der Waals surface area contributed by atoms with Crippen molar-refractivity contribution in [2.24, 2.45) is 5.92 Å². The van der Waals surface area contributed by atoms with Crippen molar-refractivity contribution in [1.29, 1.82) is 0 Å². The number of nitrogens with zero attached hydrogens (tertiary/aromatic N) is 1. The van der Waals surface area contributed by atoms with Gasteiger partial charge in [-0.3, -0.25) is 0 Å². The Morgan fingerprint density at radius 1 is 1.47 bits per heavy atom. The Labute approximate surface area is 101 Å². The third-order valence-electron chi connectivity index (χ3n) is 3.17. The summed E-state index contributed by atoms with van der Waals surface area (Å²) in [4.78, 5) is 13.0. The lowest BCUT2D eigenvalue weighted by atomic mass is 10.1. The normalized spacial score (nSPS) is 19.6. The van der Waals surface area contributed by atoms with Crippen molar-refractivity contribution in [2.45, 2.75) is 6.42 Å². The smallest absolute Gasteiger partial charge is 0.335 e. The average molecular weight is 235 g/mol. The lowest BCUT2D eigenvalue weighted by molar-refractivity contribution is 0.0697. The second-order valence-corrected chi connectivity index (χ2v) is 4.41. The number of ether oxygens (including phenoxy) is 1. The average Bonchev–Trinajstić information content (AvgIpc) is 2.78. The molecule has 1 atom stereocenters. The fraction of sp³-hybridized carbons (Fsp3) is 0.462. The zero-order valence-corrected chi connectivity index (χ0v) is 9.93. The van der Waals surface area contributed by atoms with Crippen molar-refractivity contribution in [3.8, 4) is 0 Å². The SMILES string of the molecule is COCC1CCN(c2ccc(C(=O)O)cc2)C1. The minimum atomic E-state index is -0.879. The van der Waals surface area contributed by atoms with Gasteiger partial charge in [0.15, 0.2) is 0 Å². The molecular formula is C13H17NO3. The molecule has 0 amide bonds. The Balaban J connectivity index is 2.01. The van der Waals surface area contributed by atoms with E-state index in [0.717, 1.165) is 31.8 Å². The van der Waals surface area contributed by atoms with Crippen LogP contribution in [0.2, 0.25) is 0 Å². The van der Waals surface area contributed by atoms with Crippen LogP contribution in [0, 0.1) is 5.92 Å². The van der Waals surface area contributed by atoms with Gasteiger partial charge in [0.1, 0.15) is 0 Å². The van der Waals surface area contributed by atoms with E-state index in [1.54, 1.807) is 19.2 Å². The van der Waals surface area contributed by atoms with Crippen molar-refractivity contribution in [3.05, 3.63) is 29.8 Å². The van der Waals surface area contributed by atoms with E-state index in [9.17, 15) is 4.79 Å². The summed E-state index contributed by atoms with van der Waals surface area (Å²) in [6.45, 7) is 2.80. The van der Waals surface area contributed by atoms with Gasteiger partial charge in [0.05, 0.1) is 12.2 Å². The Hall–Kier alpha value is -1.55. The number of methoxy groups -OCH3 is 1. The van der Waals surface area contributed by atoms with Gasteiger partial charge in [-0.15, -0.1) is 0 Å². The van der Waals surface area contributed by atoms with Crippen LogP contribution in [-0.2, 0) is 4.74 Å². The van der Waals surface area contributed by atoms with Gasteiger partial charge in [0.25, 0.3) is 0 Å². The Bertz CT molecular complexity index is 388. The number of carbonyl (C=O) groups is 1. The van der Waals surface area contributed by atoms with Gasteiger partial charge >= 0.3 is 5.97 Å². The first-order valence-corrected chi connectivity index (χ1v) is 5.78. The molecule has 1 aliphatic rings. The van der Waals surface area contributed by atoms with E-state index >= 15 is 0 Å². The fourth-order valence-electron chi connectivity index (χ4n) is 2.25. The monoisotopic (exact) mass is 235 g/mol. The minimum absolute atomic E-state index is 0.335.